The highest BCUT2D eigenvalue weighted by Gasteiger charge is 2.32. The molecule has 2 amide bonds. The third-order valence-electron chi connectivity index (χ3n) is 4.89. The number of hydrogen-bond acceptors (Lipinski definition) is 6. The number of nitrogens with zero attached hydrogens (tertiary/aromatic N) is 2. The van der Waals surface area contributed by atoms with Crippen molar-refractivity contribution in [3.05, 3.63) is 35.3 Å². The Kier molecular flexibility index (Phi) is 5.09. The Morgan fingerprint density at radius 1 is 1.37 bits per heavy atom. The van der Waals surface area contributed by atoms with E-state index in [0.717, 1.165) is 25.9 Å². The average molecular weight is 386 g/mol. The predicted molar refractivity (Wildman–Crippen MR) is 104 cm³/mol. The molecule has 4 rings (SSSR count). The van der Waals surface area contributed by atoms with E-state index in [1.165, 1.54) is 21.1 Å². The van der Waals surface area contributed by atoms with Crippen molar-refractivity contribution in [3.63, 3.8) is 0 Å². The summed E-state index contributed by atoms with van der Waals surface area (Å²) in [6.07, 6.45) is 3.42. The highest BCUT2D eigenvalue weighted by Crippen LogP contribution is 2.34. The number of para-hydroxylation sites is 2. The quantitative estimate of drug-likeness (QED) is 0.843. The lowest BCUT2D eigenvalue weighted by atomic mass is 9.97. The molecule has 7 nitrogen and oxygen atoms in total. The maximum Gasteiger partial charge on any atom is 0.268 e. The van der Waals surface area contributed by atoms with E-state index in [1.807, 2.05) is 18.3 Å². The predicted octanol–water partition coefficient (Wildman–Crippen LogP) is 2.36. The molecule has 0 bridgehead atoms. The summed E-state index contributed by atoms with van der Waals surface area (Å²) in [6, 6.07) is 7.25. The minimum absolute atomic E-state index is 0.0637. The number of piperidine rings is 1. The van der Waals surface area contributed by atoms with Crippen LogP contribution in [0.15, 0.2) is 30.5 Å². The lowest BCUT2D eigenvalue weighted by molar-refractivity contribution is -0.127. The summed E-state index contributed by atoms with van der Waals surface area (Å²) in [5, 5.41) is 6.76. The number of carbonyl (C=O) groups excluding carboxylic acids is 2. The van der Waals surface area contributed by atoms with Gasteiger partial charge in [-0.25, -0.2) is 4.98 Å². The summed E-state index contributed by atoms with van der Waals surface area (Å²) in [7, 11) is 0. The van der Waals surface area contributed by atoms with Crippen LogP contribution < -0.4 is 20.3 Å². The molecule has 142 valence electrons. The van der Waals surface area contributed by atoms with Crippen LogP contribution in [-0.2, 0) is 9.59 Å². The Bertz CT molecular complexity index is 847. The monoisotopic (exact) mass is 386 g/mol. The number of amides is 2. The molecule has 2 N–H and O–H groups in total. The largest absolute Gasteiger partial charge is 0.479 e. The molecular weight excluding hydrogens is 364 g/mol. The van der Waals surface area contributed by atoms with Gasteiger partial charge in [-0.3, -0.25) is 14.5 Å². The van der Waals surface area contributed by atoms with Gasteiger partial charge in [0.2, 0.25) is 5.91 Å². The molecule has 0 saturated carbocycles. The molecule has 0 aliphatic carbocycles. The molecule has 27 heavy (non-hydrogen) atoms. The maximum absolute atomic E-state index is 12.5. The Labute approximate surface area is 161 Å². The molecule has 2 aliphatic rings. The normalized spacial score (nSPS) is 20.1. The van der Waals surface area contributed by atoms with Crippen LogP contribution in [-0.4, -0.2) is 42.5 Å². The third kappa shape index (κ3) is 3.81. The number of carbonyl (C=O) groups is 2. The molecule has 2 aromatic rings. The summed E-state index contributed by atoms with van der Waals surface area (Å²) < 4.78 is 5.61. The zero-order chi connectivity index (χ0) is 18.8. The topological polar surface area (TPSA) is 83.6 Å². The van der Waals surface area contributed by atoms with Gasteiger partial charge < -0.3 is 15.4 Å². The maximum atomic E-state index is 12.5. The number of anilines is 2. The van der Waals surface area contributed by atoms with E-state index in [9.17, 15) is 9.59 Å². The zero-order valence-corrected chi connectivity index (χ0v) is 15.9. The number of rotatable bonds is 4. The second-order valence-corrected chi connectivity index (χ2v) is 7.85. The standard InChI is InChI=1S/C19H22N4O3S/c1-12-18(25)23(14-4-2-3-5-15(14)26-12)11-17(24)22-19-21-10-16(27-19)13-6-8-20-9-7-13/h2-5,10,12-13,20H,6-9,11H2,1H3,(H,21,22,24). The number of thiazole rings is 1. The molecule has 0 radical (unpaired) electrons. The fourth-order valence-electron chi connectivity index (χ4n) is 3.46. The van der Waals surface area contributed by atoms with E-state index in [2.05, 4.69) is 15.6 Å². The highest BCUT2D eigenvalue weighted by molar-refractivity contribution is 7.15. The summed E-state index contributed by atoms with van der Waals surface area (Å²) in [4.78, 5) is 32.0. The highest BCUT2D eigenvalue weighted by atomic mass is 32.1. The lowest BCUT2D eigenvalue weighted by Gasteiger charge is -2.32. The molecular formula is C19H22N4O3S. The molecule has 1 fully saturated rings. The van der Waals surface area contributed by atoms with E-state index in [0.29, 0.717) is 22.5 Å². The van der Waals surface area contributed by atoms with Gasteiger partial charge in [0.25, 0.3) is 5.91 Å². The molecule has 2 aliphatic heterocycles. The fourth-order valence-corrected chi connectivity index (χ4v) is 4.47. The smallest absolute Gasteiger partial charge is 0.268 e. The van der Waals surface area contributed by atoms with Crippen LogP contribution in [0, 0.1) is 0 Å². The molecule has 0 spiro atoms. The van der Waals surface area contributed by atoms with E-state index < -0.39 is 6.10 Å². The van der Waals surface area contributed by atoms with Crippen molar-refractivity contribution < 1.29 is 14.3 Å². The second-order valence-electron chi connectivity index (χ2n) is 6.79. The minimum Gasteiger partial charge on any atom is -0.479 e. The van der Waals surface area contributed by atoms with Gasteiger partial charge in [0.1, 0.15) is 12.3 Å². The Morgan fingerprint density at radius 3 is 2.96 bits per heavy atom. The first-order valence-electron chi connectivity index (χ1n) is 9.15. The first kappa shape index (κ1) is 17.9. The van der Waals surface area contributed by atoms with Gasteiger partial charge in [0.05, 0.1) is 5.69 Å². The van der Waals surface area contributed by atoms with Gasteiger partial charge in [-0.05, 0) is 50.9 Å². The number of hydrogen-bond donors (Lipinski definition) is 2. The van der Waals surface area contributed by atoms with E-state index in [4.69, 9.17) is 4.74 Å². The molecule has 1 saturated heterocycles. The molecule has 1 aromatic heterocycles. The summed E-state index contributed by atoms with van der Waals surface area (Å²) in [5.41, 5.74) is 0.616. The van der Waals surface area contributed by atoms with E-state index in [1.54, 1.807) is 19.1 Å². The van der Waals surface area contributed by atoms with Crippen LogP contribution >= 0.6 is 11.3 Å². The molecule has 1 atom stereocenters. The van der Waals surface area contributed by atoms with Crippen LogP contribution in [0.1, 0.15) is 30.6 Å². The first-order valence-corrected chi connectivity index (χ1v) is 9.97. The van der Waals surface area contributed by atoms with Gasteiger partial charge >= 0.3 is 0 Å². The first-order chi connectivity index (χ1) is 13.1. The number of benzene rings is 1. The number of ether oxygens (including phenoxy) is 1. The van der Waals surface area contributed by atoms with Crippen molar-refractivity contribution in [2.45, 2.75) is 31.8 Å². The average Bonchev–Trinajstić information content (AvgIpc) is 3.14. The van der Waals surface area contributed by atoms with Crippen molar-refractivity contribution in [1.82, 2.24) is 10.3 Å². The molecule has 8 heteroatoms. The molecule has 1 aromatic carbocycles. The van der Waals surface area contributed by atoms with Crippen LogP contribution in [0.3, 0.4) is 0 Å². The van der Waals surface area contributed by atoms with Gasteiger partial charge in [-0.1, -0.05) is 12.1 Å². The van der Waals surface area contributed by atoms with Gasteiger partial charge in [-0.2, -0.15) is 0 Å². The van der Waals surface area contributed by atoms with Gasteiger partial charge in [-0.15, -0.1) is 11.3 Å². The minimum atomic E-state index is -0.612. The summed E-state index contributed by atoms with van der Waals surface area (Å²) >= 11 is 1.52. The number of nitrogens with one attached hydrogen (secondary N) is 2. The Morgan fingerprint density at radius 2 is 2.15 bits per heavy atom. The van der Waals surface area contributed by atoms with Crippen LogP contribution in [0.2, 0.25) is 0 Å². The van der Waals surface area contributed by atoms with E-state index >= 15 is 0 Å². The van der Waals surface area contributed by atoms with Gasteiger partial charge in [0.15, 0.2) is 11.2 Å². The van der Waals surface area contributed by atoms with E-state index in [-0.39, 0.29) is 18.4 Å². The summed E-state index contributed by atoms with van der Waals surface area (Å²) in [6.45, 7) is 3.66. The van der Waals surface area contributed by atoms with Crippen molar-refractivity contribution in [1.29, 1.82) is 0 Å². The third-order valence-corrected chi connectivity index (χ3v) is 5.96. The summed E-state index contributed by atoms with van der Waals surface area (Å²) in [5.74, 6) is 0.625. The van der Waals surface area contributed by atoms with Crippen molar-refractivity contribution >= 4 is 34.0 Å². The van der Waals surface area contributed by atoms with Crippen LogP contribution in [0.4, 0.5) is 10.8 Å². The Balaban J connectivity index is 1.43. The van der Waals surface area contributed by atoms with Crippen LogP contribution in [0.5, 0.6) is 5.75 Å². The van der Waals surface area contributed by atoms with Crippen LogP contribution in [0.25, 0.3) is 0 Å². The van der Waals surface area contributed by atoms with Crippen molar-refractivity contribution in [3.8, 4) is 5.75 Å². The fraction of sp³-hybridized carbons (Fsp3) is 0.421. The molecule has 1 unspecified atom stereocenters. The Hall–Kier alpha value is -2.45. The SMILES string of the molecule is CC1Oc2ccccc2N(CC(=O)Nc2ncc(C3CCNCC3)s2)C1=O. The van der Waals surface area contributed by atoms with Crippen molar-refractivity contribution in [2.75, 3.05) is 29.9 Å². The second kappa shape index (κ2) is 7.66. The zero-order valence-electron chi connectivity index (χ0n) is 15.1. The number of fused-ring (bicyclic) bond motifs is 1. The van der Waals surface area contributed by atoms with Crippen molar-refractivity contribution in [2.24, 2.45) is 0 Å². The van der Waals surface area contributed by atoms with Gasteiger partial charge in [0, 0.05) is 11.1 Å². The molecule has 3 heterocycles. The number of aromatic nitrogens is 1. The lowest BCUT2D eigenvalue weighted by Crippen LogP contribution is -2.47.